The van der Waals surface area contributed by atoms with Gasteiger partial charge in [-0.15, -0.1) is 0 Å². The van der Waals surface area contributed by atoms with Crippen LogP contribution in [-0.2, 0) is 0 Å². The number of benzene rings is 1. The van der Waals surface area contributed by atoms with Crippen LogP contribution in [0, 0.1) is 12.4 Å². The zero-order chi connectivity index (χ0) is 27.4. The average Bonchev–Trinajstić information content (AvgIpc) is 3.75. The smallest absolute Gasteiger partial charge is 0.341 e. The van der Waals surface area contributed by atoms with Crippen LogP contribution < -0.4 is 10.3 Å². The zero-order valence-electron chi connectivity index (χ0n) is 20.7. The lowest BCUT2D eigenvalue weighted by Gasteiger charge is -2.31. The van der Waals surface area contributed by atoms with Crippen LogP contribution in [0.4, 0.5) is 10.2 Å². The number of fused-ring (bicyclic) bond motifs is 2. The van der Waals surface area contributed by atoms with Gasteiger partial charge in [0.2, 0.25) is 5.43 Å². The maximum Gasteiger partial charge on any atom is 0.341 e. The minimum atomic E-state index is -1.38. The standard InChI is InChI=1S/C28H22FN5O5/c1-30-22(14-34-26(36)17-6-2-3-7-18(17)27(34)37)15-5-4-10-32(12-15)25-21(29)11-19-23(35)20(28(38)39)13-33(16-8-9-16)24(19)31-25/h2-3,6-7,11,13,16H,4-5,8-10,12,14H2,(H,38,39). The van der Waals surface area contributed by atoms with E-state index in [1.807, 2.05) is 0 Å². The molecule has 6 rings (SSSR count). The Kier molecular flexibility index (Phi) is 5.75. The van der Waals surface area contributed by atoms with Crippen LogP contribution in [-0.4, -0.2) is 57.0 Å². The van der Waals surface area contributed by atoms with Crippen molar-refractivity contribution in [2.24, 2.45) is 0 Å². The summed E-state index contributed by atoms with van der Waals surface area (Å²) in [6.07, 6.45) is 4.01. The van der Waals surface area contributed by atoms with Gasteiger partial charge in [-0.1, -0.05) is 12.1 Å². The summed E-state index contributed by atoms with van der Waals surface area (Å²) in [6.45, 7) is 8.19. The van der Waals surface area contributed by atoms with Crippen molar-refractivity contribution in [2.45, 2.75) is 31.7 Å². The van der Waals surface area contributed by atoms with Crippen molar-refractivity contribution < 1.29 is 23.9 Å². The molecule has 3 aliphatic rings. The highest BCUT2D eigenvalue weighted by atomic mass is 19.1. The van der Waals surface area contributed by atoms with Gasteiger partial charge in [-0.05, 0) is 49.5 Å². The molecule has 10 nitrogen and oxygen atoms in total. The second-order valence-corrected chi connectivity index (χ2v) is 9.91. The molecule has 4 heterocycles. The van der Waals surface area contributed by atoms with Gasteiger partial charge in [-0.3, -0.25) is 19.3 Å². The summed E-state index contributed by atoms with van der Waals surface area (Å²) in [5.74, 6) is -3.05. The number of amides is 2. The first-order chi connectivity index (χ1) is 18.8. The van der Waals surface area contributed by atoms with Crippen LogP contribution in [0.1, 0.15) is 62.8 Å². The number of aromatic nitrogens is 2. The van der Waals surface area contributed by atoms with Crippen LogP contribution in [0.2, 0.25) is 0 Å². The van der Waals surface area contributed by atoms with Crippen molar-refractivity contribution in [1.29, 1.82) is 0 Å². The molecule has 0 atom stereocenters. The summed E-state index contributed by atoms with van der Waals surface area (Å²) in [7, 11) is 0. The highest BCUT2D eigenvalue weighted by Gasteiger charge is 2.36. The molecule has 1 aromatic carbocycles. The second-order valence-electron chi connectivity index (χ2n) is 9.91. The second kappa shape index (κ2) is 9.16. The van der Waals surface area contributed by atoms with Crippen LogP contribution in [0.25, 0.3) is 15.9 Å². The lowest BCUT2D eigenvalue weighted by Crippen LogP contribution is -2.36. The van der Waals surface area contributed by atoms with Gasteiger partial charge in [-0.25, -0.2) is 19.0 Å². The van der Waals surface area contributed by atoms with Gasteiger partial charge >= 0.3 is 5.97 Å². The zero-order valence-corrected chi connectivity index (χ0v) is 20.7. The first-order valence-electron chi connectivity index (χ1n) is 12.6. The molecule has 1 saturated heterocycles. The largest absolute Gasteiger partial charge is 0.477 e. The van der Waals surface area contributed by atoms with Gasteiger partial charge < -0.3 is 14.6 Å². The topological polar surface area (TPSA) is 117 Å². The van der Waals surface area contributed by atoms with Crippen LogP contribution in [0.3, 0.4) is 0 Å². The van der Waals surface area contributed by atoms with Crippen molar-refractivity contribution in [1.82, 2.24) is 14.5 Å². The quantitative estimate of drug-likeness (QED) is 0.398. The molecule has 2 fully saturated rings. The van der Waals surface area contributed by atoms with E-state index in [9.17, 15) is 24.3 Å². The molecule has 196 valence electrons. The Labute approximate surface area is 221 Å². The van der Waals surface area contributed by atoms with Crippen LogP contribution >= 0.6 is 0 Å². The first kappa shape index (κ1) is 24.5. The number of rotatable bonds is 5. The third kappa shape index (κ3) is 4.05. The molecular formula is C28H22FN5O5. The summed E-state index contributed by atoms with van der Waals surface area (Å²) >= 11 is 0. The number of nitrogens with zero attached hydrogens (tertiary/aromatic N) is 5. The van der Waals surface area contributed by atoms with Crippen molar-refractivity contribution in [3.63, 3.8) is 0 Å². The maximum atomic E-state index is 15.4. The maximum absolute atomic E-state index is 15.4. The number of halogens is 1. The molecule has 0 radical (unpaired) electrons. The SMILES string of the molecule is [C-]#[N+]C(CN1C(=O)c2ccccc2C1=O)=C1CCCN(c2nc3c(cc2F)c(=O)c(C(=O)O)cn3C2CC2)C1. The molecular weight excluding hydrogens is 505 g/mol. The molecule has 1 saturated carbocycles. The molecule has 0 spiro atoms. The molecule has 0 bridgehead atoms. The molecule has 2 aliphatic heterocycles. The average molecular weight is 528 g/mol. The van der Waals surface area contributed by atoms with Gasteiger partial charge in [0.15, 0.2) is 17.3 Å². The Morgan fingerprint density at radius 2 is 1.85 bits per heavy atom. The molecule has 39 heavy (non-hydrogen) atoms. The van der Waals surface area contributed by atoms with Gasteiger partial charge in [-0.2, -0.15) is 0 Å². The fourth-order valence-electron chi connectivity index (χ4n) is 5.29. The molecule has 11 heteroatoms. The normalized spacial score (nSPS) is 18.4. The fourth-order valence-corrected chi connectivity index (χ4v) is 5.29. The van der Waals surface area contributed by atoms with Gasteiger partial charge in [0, 0.05) is 25.3 Å². The van der Waals surface area contributed by atoms with Crippen molar-refractivity contribution in [2.75, 3.05) is 24.5 Å². The van der Waals surface area contributed by atoms with Gasteiger partial charge in [0.05, 0.1) is 29.6 Å². The highest BCUT2D eigenvalue weighted by molar-refractivity contribution is 6.21. The number of carboxylic acids is 1. The number of carbonyl (C=O) groups excluding carboxylic acids is 2. The van der Waals surface area contributed by atoms with E-state index in [-0.39, 0.29) is 41.7 Å². The summed E-state index contributed by atoms with van der Waals surface area (Å²) < 4.78 is 17.0. The number of anilines is 1. The summed E-state index contributed by atoms with van der Waals surface area (Å²) in [6, 6.07) is 7.54. The molecule has 3 aromatic rings. The molecule has 2 aromatic heterocycles. The lowest BCUT2D eigenvalue weighted by atomic mass is 10.0. The predicted octanol–water partition coefficient (Wildman–Crippen LogP) is 3.64. The molecule has 1 N–H and O–H groups in total. The van der Waals surface area contributed by atoms with E-state index in [2.05, 4.69) is 9.83 Å². The van der Waals surface area contributed by atoms with Crippen molar-refractivity contribution >= 4 is 34.6 Å². The third-order valence-electron chi connectivity index (χ3n) is 7.43. The minimum Gasteiger partial charge on any atom is -0.477 e. The fraction of sp³-hybridized carbons (Fsp3) is 0.286. The Hall–Kier alpha value is -4.85. The van der Waals surface area contributed by atoms with E-state index in [0.29, 0.717) is 36.1 Å². The number of carboxylic acid groups (broad SMARTS) is 1. The number of piperidine rings is 1. The summed E-state index contributed by atoms with van der Waals surface area (Å²) in [4.78, 5) is 60.9. The molecule has 1 aliphatic carbocycles. The Bertz CT molecular complexity index is 1700. The summed E-state index contributed by atoms with van der Waals surface area (Å²) in [5.41, 5.74) is 0.529. The van der Waals surface area contributed by atoms with E-state index in [1.165, 1.54) is 6.20 Å². The Morgan fingerprint density at radius 1 is 1.15 bits per heavy atom. The van der Waals surface area contributed by atoms with E-state index < -0.39 is 34.6 Å². The van der Waals surface area contributed by atoms with Gasteiger partial charge in [0.25, 0.3) is 11.8 Å². The monoisotopic (exact) mass is 527 g/mol. The van der Waals surface area contributed by atoms with E-state index in [4.69, 9.17) is 6.57 Å². The van der Waals surface area contributed by atoms with Crippen LogP contribution in [0.5, 0.6) is 0 Å². The number of carbonyl (C=O) groups is 3. The van der Waals surface area contributed by atoms with Crippen molar-refractivity contribution in [3.8, 4) is 0 Å². The molecule has 2 amide bonds. The number of aromatic carboxylic acids is 1. The minimum absolute atomic E-state index is 0.00151. The van der Waals surface area contributed by atoms with E-state index >= 15 is 4.39 Å². The van der Waals surface area contributed by atoms with Gasteiger partial charge in [0.1, 0.15) is 11.2 Å². The number of hydrogen-bond donors (Lipinski definition) is 1. The van der Waals surface area contributed by atoms with E-state index in [0.717, 1.165) is 23.8 Å². The first-order valence-corrected chi connectivity index (χ1v) is 12.6. The predicted molar refractivity (Wildman–Crippen MR) is 138 cm³/mol. The third-order valence-corrected chi connectivity index (χ3v) is 7.43. The lowest BCUT2D eigenvalue weighted by molar-refractivity contribution is 0.0663. The number of pyridine rings is 2. The number of imide groups is 1. The van der Waals surface area contributed by atoms with Crippen molar-refractivity contribution in [3.05, 3.63) is 91.9 Å². The Morgan fingerprint density at radius 3 is 2.46 bits per heavy atom. The van der Waals surface area contributed by atoms with E-state index in [1.54, 1.807) is 33.7 Å². The number of hydrogen-bond acceptors (Lipinski definition) is 6. The summed E-state index contributed by atoms with van der Waals surface area (Å²) in [5, 5.41) is 9.37. The molecule has 0 unspecified atom stereocenters. The Balaban J connectivity index is 1.35. The van der Waals surface area contributed by atoms with Crippen LogP contribution in [0.15, 0.2) is 52.6 Å². The highest BCUT2D eigenvalue weighted by Crippen LogP contribution is 2.37.